The van der Waals surface area contributed by atoms with E-state index in [0.29, 0.717) is 0 Å². The van der Waals surface area contributed by atoms with Crippen molar-refractivity contribution in [3.8, 4) is 0 Å². The molecule has 0 spiro atoms. The van der Waals surface area contributed by atoms with Crippen LogP contribution in [0.1, 0.15) is 42.9 Å². The molecule has 1 fully saturated rings. The highest BCUT2D eigenvalue weighted by molar-refractivity contribution is 5.47. The molecular weight excluding hydrogens is 238 g/mol. The summed E-state index contributed by atoms with van der Waals surface area (Å²) in [6.07, 6.45) is 5.79. The average Bonchev–Trinajstić information content (AvgIpc) is 2.66. The van der Waals surface area contributed by atoms with E-state index >= 15 is 0 Å². The summed E-state index contributed by atoms with van der Waals surface area (Å²) in [7, 11) is 0. The predicted octanol–water partition coefficient (Wildman–Crippen LogP) is 2.46. The van der Waals surface area contributed by atoms with Gasteiger partial charge in [0.05, 0.1) is 5.69 Å². The van der Waals surface area contributed by atoms with E-state index < -0.39 is 0 Å². The van der Waals surface area contributed by atoms with E-state index in [1.165, 1.54) is 31.4 Å². The number of rotatable bonds is 5. The number of hydrogen-bond donors (Lipinski definition) is 0. The Morgan fingerprint density at radius 1 is 1.26 bits per heavy atom. The molecule has 0 atom stereocenters. The van der Waals surface area contributed by atoms with Gasteiger partial charge in [0, 0.05) is 25.3 Å². The Bertz CT molecular complexity index is 431. The topological polar surface area (TPSA) is 38.1 Å². The summed E-state index contributed by atoms with van der Waals surface area (Å²) in [6.45, 7) is 9.27. The van der Waals surface area contributed by atoms with Gasteiger partial charge in [-0.1, -0.05) is 0 Å². The van der Waals surface area contributed by atoms with Crippen molar-refractivity contribution >= 4 is 6.41 Å². The zero-order valence-electron chi connectivity index (χ0n) is 12.4. The molecule has 2 rings (SSSR count). The molecular formula is C15H25N3O. The van der Waals surface area contributed by atoms with Crippen molar-refractivity contribution in [2.75, 3.05) is 13.1 Å². The molecule has 0 bridgehead atoms. The number of aromatic nitrogens is 2. The average molecular weight is 263 g/mol. The summed E-state index contributed by atoms with van der Waals surface area (Å²) in [5.74, 6) is 1.92. The van der Waals surface area contributed by atoms with Crippen molar-refractivity contribution < 1.29 is 4.79 Å². The maximum Gasteiger partial charge on any atom is 0.209 e. The monoisotopic (exact) mass is 263 g/mol. The van der Waals surface area contributed by atoms with E-state index in [9.17, 15) is 4.79 Å². The number of nitrogens with zero attached hydrogens (tertiary/aromatic N) is 3. The van der Waals surface area contributed by atoms with E-state index in [1.54, 1.807) is 0 Å². The first-order chi connectivity index (χ1) is 9.11. The molecule has 4 nitrogen and oxygen atoms in total. The predicted molar refractivity (Wildman–Crippen MR) is 76.0 cm³/mol. The summed E-state index contributed by atoms with van der Waals surface area (Å²) in [4.78, 5) is 17.1. The van der Waals surface area contributed by atoms with Crippen molar-refractivity contribution in [3.63, 3.8) is 0 Å². The molecule has 1 aliphatic heterocycles. The van der Waals surface area contributed by atoms with Crippen LogP contribution in [0, 0.1) is 26.7 Å². The van der Waals surface area contributed by atoms with E-state index in [-0.39, 0.29) is 0 Å². The van der Waals surface area contributed by atoms with Crippen molar-refractivity contribution in [3.05, 3.63) is 17.2 Å². The van der Waals surface area contributed by atoms with Gasteiger partial charge in [0.15, 0.2) is 0 Å². The quantitative estimate of drug-likeness (QED) is 0.765. The van der Waals surface area contributed by atoms with E-state index in [4.69, 9.17) is 0 Å². The standard InChI is InChI=1S/C15H25N3O/c1-12-13(2)18(14(3)16-12)8-4-5-15-6-9-17(11-19)10-7-15/h11,15H,4-10H2,1-3H3. The molecule has 0 aromatic carbocycles. The summed E-state index contributed by atoms with van der Waals surface area (Å²) in [5, 5.41) is 0. The van der Waals surface area contributed by atoms with E-state index in [0.717, 1.165) is 43.5 Å². The molecule has 1 aromatic heterocycles. The number of piperidine rings is 1. The Morgan fingerprint density at radius 3 is 2.47 bits per heavy atom. The van der Waals surface area contributed by atoms with E-state index in [2.05, 4.69) is 30.3 Å². The first-order valence-electron chi connectivity index (χ1n) is 7.31. The van der Waals surface area contributed by atoms with Crippen molar-refractivity contribution in [1.29, 1.82) is 0 Å². The SMILES string of the molecule is Cc1nc(C)n(CCCC2CCN(C=O)CC2)c1C. The molecule has 1 saturated heterocycles. The number of aryl methyl sites for hydroxylation is 2. The lowest BCUT2D eigenvalue weighted by molar-refractivity contribution is -0.119. The molecule has 1 aliphatic rings. The summed E-state index contributed by atoms with van der Waals surface area (Å²) in [5.41, 5.74) is 2.45. The Hall–Kier alpha value is -1.32. The van der Waals surface area contributed by atoms with Crippen LogP contribution >= 0.6 is 0 Å². The van der Waals surface area contributed by atoms with Gasteiger partial charge in [-0.05, 0) is 52.4 Å². The Labute approximate surface area is 115 Å². The number of imidazole rings is 1. The van der Waals surface area contributed by atoms with Gasteiger partial charge in [-0.2, -0.15) is 0 Å². The highest BCUT2D eigenvalue weighted by Gasteiger charge is 2.17. The fourth-order valence-corrected chi connectivity index (χ4v) is 3.04. The maximum absolute atomic E-state index is 10.7. The van der Waals surface area contributed by atoms with Crippen LogP contribution in [0.2, 0.25) is 0 Å². The first kappa shape index (κ1) is 14.1. The van der Waals surface area contributed by atoms with Gasteiger partial charge in [-0.15, -0.1) is 0 Å². The molecule has 4 heteroatoms. The van der Waals surface area contributed by atoms with Crippen LogP contribution in [-0.4, -0.2) is 34.0 Å². The fourth-order valence-electron chi connectivity index (χ4n) is 3.04. The van der Waals surface area contributed by atoms with Crippen LogP contribution in [0.3, 0.4) is 0 Å². The molecule has 1 amide bonds. The number of amides is 1. The van der Waals surface area contributed by atoms with Gasteiger partial charge in [-0.3, -0.25) is 4.79 Å². The van der Waals surface area contributed by atoms with Gasteiger partial charge < -0.3 is 9.47 Å². The largest absolute Gasteiger partial charge is 0.345 e. The van der Waals surface area contributed by atoms with E-state index in [1.807, 2.05) is 4.90 Å². The van der Waals surface area contributed by atoms with Crippen molar-refractivity contribution in [2.24, 2.45) is 5.92 Å². The molecule has 19 heavy (non-hydrogen) atoms. The lowest BCUT2D eigenvalue weighted by Crippen LogP contribution is -2.32. The number of likely N-dealkylation sites (tertiary alicyclic amines) is 1. The van der Waals surface area contributed by atoms with Crippen LogP contribution in [0.25, 0.3) is 0 Å². The molecule has 106 valence electrons. The number of carbonyl (C=O) groups excluding carboxylic acids is 1. The molecule has 0 aliphatic carbocycles. The molecule has 0 N–H and O–H groups in total. The third-order valence-electron chi connectivity index (χ3n) is 4.44. The highest BCUT2D eigenvalue weighted by Crippen LogP contribution is 2.22. The van der Waals surface area contributed by atoms with Gasteiger partial charge in [-0.25, -0.2) is 4.98 Å². The Balaban J connectivity index is 1.76. The summed E-state index contributed by atoms with van der Waals surface area (Å²) >= 11 is 0. The van der Waals surface area contributed by atoms with Crippen molar-refractivity contribution in [2.45, 2.75) is 53.0 Å². The lowest BCUT2D eigenvalue weighted by atomic mass is 9.92. The second-order valence-corrected chi connectivity index (χ2v) is 5.71. The zero-order chi connectivity index (χ0) is 13.8. The van der Waals surface area contributed by atoms with Gasteiger partial charge >= 0.3 is 0 Å². The normalized spacial score (nSPS) is 16.9. The van der Waals surface area contributed by atoms with Crippen LogP contribution in [0.15, 0.2) is 0 Å². The Morgan fingerprint density at radius 2 is 1.95 bits per heavy atom. The van der Waals surface area contributed by atoms with Crippen LogP contribution < -0.4 is 0 Å². The smallest absolute Gasteiger partial charge is 0.209 e. The molecule has 0 saturated carbocycles. The zero-order valence-corrected chi connectivity index (χ0v) is 12.4. The number of hydrogen-bond acceptors (Lipinski definition) is 2. The Kier molecular flexibility index (Phi) is 4.61. The third-order valence-corrected chi connectivity index (χ3v) is 4.44. The van der Waals surface area contributed by atoms with Crippen molar-refractivity contribution in [1.82, 2.24) is 14.5 Å². The van der Waals surface area contributed by atoms with Gasteiger partial charge in [0.25, 0.3) is 0 Å². The minimum absolute atomic E-state index is 0.793. The molecule has 0 unspecified atom stereocenters. The third kappa shape index (κ3) is 3.37. The first-order valence-corrected chi connectivity index (χ1v) is 7.31. The summed E-state index contributed by atoms with van der Waals surface area (Å²) in [6, 6.07) is 0. The lowest BCUT2D eigenvalue weighted by Gasteiger charge is -2.29. The highest BCUT2D eigenvalue weighted by atomic mass is 16.1. The minimum Gasteiger partial charge on any atom is -0.345 e. The molecule has 1 aromatic rings. The number of carbonyl (C=O) groups is 1. The molecule has 2 heterocycles. The van der Waals surface area contributed by atoms with Gasteiger partial charge in [0.2, 0.25) is 6.41 Å². The fraction of sp³-hybridized carbons (Fsp3) is 0.733. The van der Waals surface area contributed by atoms with Crippen LogP contribution in [-0.2, 0) is 11.3 Å². The maximum atomic E-state index is 10.7. The minimum atomic E-state index is 0.793. The molecule has 0 radical (unpaired) electrons. The van der Waals surface area contributed by atoms with Crippen LogP contribution in [0.4, 0.5) is 0 Å². The second kappa shape index (κ2) is 6.22. The second-order valence-electron chi connectivity index (χ2n) is 5.71. The summed E-state index contributed by atoms with van der Waals surface area (Å²) < 4.78 is 2.33. The van der Waals surface area contributed by atoms with Crippen LogP contribution in [0.5, 0.6) is 0 Å². The van der Waals surface area contributed by atoms with Gasteiger partial charge in [0.1, 0.15) is 5.82 Å².